The summed E-state index contributed by atoms with van der Waals surface area (Å²) >= 11 is 1.37. The fraction of sp³-hybridized carbons (Fsp3) is 0.667. The first kappa shape index (κ1) is 13.5. The highest BCUT2D eigenvalue weighted by Crippen LogP contribution is 2.05. The minimum Gasteiger partial charge on any atom is -0.379 e. The number of hydrogen-bond donors (Lipinski definition) is 1. The van der Waals surface area contributed by atoms with Gasteiger partial charge in [0.1, 0.15) is 0 Å². The molecule has 0 bridgehead atoms. The summed E-state index contributed by atoms with van der Waals surface area (Å²) in [6, 6.07) is 0. The number of nitrogens with one attached hydrogen (secondary N) is 1. The van der Waals surface area contributed by atoms with Crippen LogP contribution in [0.15, 0.2) is 11.6 Å². The van der Waals surface area contributed by atoms with Crippen molar-refractivity contribution in [3.05, 3.63) is 16.6 Å². The largest absolute Gasteiger partial charge is 0.379 e. The van der Waals surface area contributed by atoms with E-state index >= 15 is 0 Å². The quantitative estimate of drug-likeness (QED) is 0.860. The highest BCUT2D eigenvalue weighted by Gasteiger charge is 2.15. The predicted molar refractivity (Wildman–Crippen MR) is 70.9 cm³/mol. The van der Waals surface area contributed by atoms with Crippen LogP contribution in [0.3, 0.4) is 0 Å². The van der Waals surface area contributed by atoms with E-state index in [0.717, 1.165) is 32.8 Å². The highest BCUT2D eigenvalue weighted by atomic mass is 32.1. The third-order valence-corrected chi connectivity index (χ3v) is 3.68. The van der Waals surface area contributed by atoms with Crippen LogP contribution in [0.2, 0.25) is 0 Å². The number of nitrogens with zero attached hydrogens (tertiary/aromatic N) is 2. The molecule has 1 aromatic heterocycles. The Labute approximate surface area is 111 Å². The summed E-state index contributed by atoms with van der Waals surface area (Å²) in [5.74, 6) is 0.367. The Bertz CT molecular complexity index is 363. The Morgan fingerprint density at radius 3 is 3.06 bits per heavy atom. The van der Waals surface area contributed by atoms with Gasteiger partial charge in [-0.15, -0.1) is 11.3 Å². The molecule has 6 heteroatoms. The van der Waals surface area contributed by atoms with E-state index in [2.05, 4.69) is 22.1 Å². The molecule has 0 radical (unpaired) electrons. The molecule has 100 valence electrons. The summed E-state index contributed by atoms with van der Waals surface area (Å²) in [7, 11) is 0. The maximum atomic E-state index is 11.7. The van der Waals surface area contributed by atoms with Gasteiger partial charge in [0.15, 0.2) is 5.01 Å². The SMILES string of the molecule is CC(CNC(=O)c1nccs1)CN1CCOCC1. The summed E-state index contributed by atoms with van der Waals surface area (Å²) in [6.07, 6.45) is 1.65. The molecule has 1 fully saturated rings. The van der Waals surface area contributed by atoms with Crippen molar-refractivity contribution in [3.63, 3.8) is 0 Å². The maximum absolute atomic E-state index is 11.7. The predicted octanol–water partition coefficient (Wildman–Crippen LogP) is 0.841. The number of thiazole rings is 1. The Balaban J connectivity index is 1.68. The molecule has 5 nitrogen and oxygen atoms in total. The van der Waals surface area contributed by atoms with Crippen LogP contribution in [-0.2, 0) is 4.74 Å². The molecule has 2 rings (SSSR count). The van der Waals surface area contributed by atoms with E-state index in [-0.39, 0.29) is 5.91 Å². The van der Waals surface area contributed by atoms with Crippen LogP contribution >= 0.6 is 11.3 Å². The smallest absolute Gasteiger partial charge is 0.280 e. The van der Waals surface area contributed by atoms with E-state index in [0.29, 0.717) is 17.5 Å². The van der Waals surface area contributed by atoms with Crippen molar-refractivity contribution in [2.24, 2.45) is 5.92 Å². The zero-order valence-corrected chi connectivity index (χ0v) is 11.4. The van der Waals surface area contributed by atoms with Crippen molar-refractivity contribution in [1.29, 1.82) is 0 Å². The number of carbonyl (C=O) groups is 1. The number of amides is 1. The van der Waals surface area contributed by atoms with Crippen LogP contribution in [0.1, 0.15) is 16.7 Å². The molecule has 0 aromatic carbocycles. The summed E-state index contributed by atoms with van der Waals surface area (Å²) in [6.45, 7) is 7.46. The van der Waals surface area contributed by atoms with E-state index in [1.807, 2.05) is 5.38 Å². The molecule has 1 atom stereocenters. The second-order valence-corrected chi connectivity index (χ2v) is 5.46. The standard InChI is InChI=1S/C12H19N3O2S/c1-10(9-15-3-5-17-6-4-15)8-14-11(16)12-13-2-7-18-12/h2,7,10H,3-6,8-9H2,1H3,(H,14,16). The first-order valence-electron chi connectivity index (χ1n) is 6.23. The van der Waals surface area contributed by atoms with Gasteiger partial charge in [-0.25, -0.2) is 4.98 Å². The van der Waals surface area contributed by atoms with E-state index in [1.54, 1.807) is 6.20 Å². The molecule has 1 aliphatic rings. The first-order valence-corrected chi connectivity index (χ1v) is 7.11. The Morgan fingerprint density at radius 2 is 2.39 bits per heavy atom. The second-order valence-electron chi connectivity index (χ2n) is 4.57. The van der Waals surface area contributed by atoms with Gasteiger partial charge in [-0.1, -0.05) is 6.92 Å². The van der Waals surface area contributed by atoms with Gasteiger partial charge in [0, 0.05) is 37.8 Å². The molecule has 2 heterocycles. The lowest BCUT2D eigenvalue weighted by molar-refractivity contribution is 0.0317. The average Bonchev–Trinajstić information content (AvgIpc) is 2.91. The molecule has 0 saturated carbocycles. The van der Waals surface area contributed by atoms with Gasteiger partial charge < -0.3 is 10.1 Å². The minimum atomic E-state index is -0.0705. The fourth-order valence-electron chi connectivity index (χ4n) is 1.97. The number of ether oxygens (including phenoxy) is 1. The van der Waals surface area contributed by atoms with Gasteiger partial charge in [-0.05, 0) is 5.92 Å². The lowest BCUT2D eigenvalue weighted by atomic mass is 10.1. The van der Waals surface area contributed by atoms with Crippen molar-refractivity contribution in [2.75, 3.05) is 39.4 Å². The molecule has 1 aromatic rings. The molecular formula is C12H19N3O2S. The molecule has 0 aliphatic carbocycles. The molecular weight excluding hydrogens is 250 g/mol. The lowest BCUT2D eigenvalue weighted by Crippen LogP contribution is -2.41. The van der Waals surface area contributed by atoms with Crippen molar-refractivity contribution in [1.82, 2.24) is 15.2 Å². The van der Waals surface area contributed by atoms with E-state index in [9.17, 15) is 4.79 Å². The van der Waals surface area contributed by atoms with Crippen LogP contribution in [0, 0.1) is 5.92 Å². The molecule has 1 N–H and O–H groups in total. The Kier molecular flexibility index (Phi) is 5.10. The molecule has 0 spiro atoms. The lowest BCUT2D eigenvalue weighted by Gasteiger charge is -2.29. The van der Waals surface area contributed by atoms with Crippen molar-refractivity contribution >= 4 is 17.2 Å². The maximum Gasteiger partial charge on any atom is 0.280 e. The molecule has 1 aliphatic heterocycles. The molecule has 18 heavy (non-hydrogen) atoms. The molecule has 1 amide bonds. The van der Waals surface area contributed by atoms with Crippen molar-refractivity contribution in [2.45, 2.75) is 6.92 Å². The third-order valence-electron chi connectivity index (χ3n) is 2.91. The van der Waals surface area contributed by atoms with Gasteiger partial charge in [-0.2, -0.15) is 0 Å². The van der Waals surface area contributed by atoms with E-state index in [1.165, 1.54) is 11.3 Å². The Morgan fingerprint density at radius 1 is 1.61 bits per heavy atom. The van der Waals surface area contributed by atoms with E-state index < -0.39 is 0 Å². The molecule has 1 saturated heterocycles. The van der Waals surface area contributed by atoms with Gasteiger partial charge >= 0.3 is 0 Å². The average molecular weight is 269 g/mol. The number of hydrogen-bond acceptors (Lipinski definition) is 5. The van der Waals surface area contributed by atoms with Gasteiger partial charge in [0.05, 0.1) is 13.2 Å². The number of rotatable bonds is 5. The van der Waals surface area contributed by atoms with Gasteiger partial charge in [0.25, 0.3) is 5.91 Å². The Hall–Kier alpha value is -0.980. The van der Waals surface area contributed by atoms with Crippen molar-refractivity contribution < 1.29 is 9.53 Å². The summed E-state index contributed by atoms with van der Waals surface area (Å²) in [5, 5.41) is 5.27. The number of morpholine rings is 1. The first-order chi connectivity index (χ1) is 8.75. The zero-order chi connectivity index (χ0) is 12.8. The fourth-order valence-corrected chi connectivity index (χ4v) is 2.52. The summed E-state index contributed by atoms with van der Waals surface area (Å²) < 4.78 is 5.31. The molecule has 1 unspecified atom stereocenters. The van der Waals surface area contributed by atoms with Crippen LogP contribution in [0.5, 0.6) is 0 Å². The number of carbonyl (C=O) groups excluding carboxylic acids is 1. The van der Waals surface area contributed by atoms with E-state index in [4.69, 9.17) is 4.74 Å². The summed E-state index contributed by atoms with van der Waals surface area (Å²) in [5.41, 5.74) is 0. The van der Waals surface area contributed by atoms with Crippen LogP contribution in [0.25, 0.3) is 0 Å². The third kappa shape index (κ3) is 4.04. The second kappa shape index (κ2) is 6.82. The van der Waals surface area contributed by atoms with Crippen LogP contribution in [-0.4, -0.2) is 55.2 Å². The topological polar surface area (TPSA) is 54.5 Å². The zero-order valence-electron chi connectivity index (χ0n) is 10.6. The van der Waals surface area contributed by atoms with Gasteiger partial charge in [0.2, 0.25) is 0 Å². The monoisotopic (exact) mass is 269 g/mol. The highest BCUT2D eigenvalue weighted by molar-refractivity contribution is 7.11. The minimum absolute atomic E-state index is 0.0705. The normalized spacial score (nSPS) is 18.5. The summed E-state index contributed by atoms with van der Waals surface area (Å²) in [4.78, 5) is 18.1. The van der Waals surface area contributed by atoms with Crippen LogP contribution in [0.4, 0.5) is 0 Å². The van der Waals surface area contributed by atoms with Crippen LogP contribution < -0.4 is 5.32 Å². The van der Waals surface area contributed by atoms with Crippen molar-refractivity contribution in [3.8, 4) is 0 Å². The number of aromatic nitrogens is 1. The van der Waals surface area contributed by atoms with Gasteiger partial charge in [-0.3, -0.25) is 9.69 Å².